The van der Waals surface area contributed by atoms with Crippen LogP contribution in [0, 0.1) is 5.92 Å². The second-order valence-electron chi connectivity index (χ2n) is 7.08. The number of piperazine rings is 1. The first-order valence-electron chi connectivity index (χ1n) is 7.67. The summed E-state index contributed by atoms with van der Waals surface area (Å²) in [5, 5.41) is 3.80. The molecule has 1 aliphatic heterocycles. The molecule has 1 unspecified atom stereocenters. The van der Waals surface area contributed by atoms with Gasteiger partial charge in [-0.25, -0.2) is 0 Å². The van der Waals surface area contributed by atoms with Gasteiger partial charge in [0.2, 0.25) is 0 Å². The monoisotopic (exact) mass is 236 g/mol. The first-order chi connectivity index (χ1) is 8.17. The lowest BCUT2D eigenvalue weighted by molar-refractivity contribution is 0.00688. The van der Waals surface area contributed by atoms with E-state index in [1.54, 1.807) is 0 Å². The van der Waals surface area contributed by atoms with E-state index in [9.17, 15) is 0 Å². The molecule has 17 heavy (non-hydrogen) atoms. The van der Waals surface area contributed by atoms with Gasteiger partial charge in [0.05, 0.1) is 0 Å². The molecule has 3 aliphatic rings. The Bertz CT molecular complexity index is 264. The average Bonchev–Trinajstić information content (AvgIpc) is 3.14. The molecule has 3 rings (SSSR count). The van der Waals surface area contributed by atoms with Gasteiger partial charge in [0, 0.05) is 30.7 Å². The van der Waals surface area contributed by atoms with Crippen LogP contribution in [0.3, 0.4) is 0 Å². The van der Waals surface area contributed by atoms with Gasteiger partial charge >= 0.3 is 0 Å². The molecule has 1 heterocycles. The summed E-state index contributed by atoms with van der Waals surface area (Å²) in [6, 6.07) is 1.67. The van der Waals surface area contributed by atoms with Crippen molar-refractivity contribution in [2.75, 3.05) is 13.1 Å². The molecule has 0 aromatic heterocycles. The molecular formula is C15H28N2. The van der Waals surface area contributed by atoms with Crippen LogP contribution >= 0.6 is 0 Å². The maximum Gasteiger partial charge on any atom is 0.0281 e. The van der Waals surface area contributed by atoms with Crippen molar-refractivity contribution in [3.8, 4) is 0 Å². The van der Waals surface area contributed by atoms with Gasteiger partial charge in [-0.05, 0) is 45.4 Å². The number of nitrogens with zero attached hydrogens (tertiary/aromatic N) is 1. The highest BCUT2D eigenvalue weighted by atomic mass is 15.3. The van der Waals surface area contributed by atoms with Gasteiger partial charge in [-0.15, -0.1) is 0 Å². The standard InChI is InChI=1S/C15H28N2/c1-15(2)11-16-14(12-8-9-12)10-17(15)13-6-4-3-5-7-13/h12-14,16H,3-11H2,1-2H3. The third-order valence-corrected chi connectivity index (χ3v) is 5.17. The zero-order valence-corrected chi connectivity index (χ0v) is 11.5. The summed E-state index contributed by atoms with van der Waals surface area (Å²) in [4.78, 5) is 2.85. The van der Waals surface area contributed by atoms with Crippen molar-refractivity contribution in [1.82, 2.24) is 10.2 Å². The lowest BCUT2D eigenvalue weighted by Crippen LogP contribution is -2.65. The quantitative estimate of drug-likeness (QED) is 0.793. The Kier molecular flexibility index (Phi) is 3.20. The Labute approximate surface area is 106 Å². The SMILES string of the molecule is CC1(C)CNC(C2CC2)CN1C1CCCCC1. The first kappa shape index (κ1) is 12.0. The van der Waals surface area contributed by atoms with Crippen molar-refractivity contribution in [3.05, 3.63) is 0 Å². The lowest BCUT2D eigenvalue weighted by Gasteiger charge is -2.51. The van der Waals surface area contributed by atoms with Gasteiger partial charge < -0.3 is 5.32 Å². The van der Waals surface area contributed by atoms with Gasteiger partial charge in [0.1, 0.15) is 0 Å². The molecule has 1 saturated heterocycles. The van der Waals surface area contributed by atoms with Gasteiger partial charge in [0.25, 0.3) is 0 Å². The molecule has 0 aromatic rings. The molecule has 3 fully saturated rings. The normalized spacial score (nSPS) is 36.0. The zero-order valence-electron chi connectivity index (χ0n) is 11.5. The van der Waals surface area contributed by atoms with E-state index in [0.29, 0.717) is 5.54 Å². The van der Waals surface area contributed by atoms with E-state index < -0.39 is 0 Å². The maximum atomic E-state index is 3.80. The molecule has 0 radical (unpaired) electrons. The van der Waals surface area contributed by atoms with Crippen LogP contribution < -0.4 is 5.32 Å². The van der Waals surface area contributed by atoms with E-state index in [1.165, 1.54) is 58.0 Å². The minimum atomic E-state index is 0.368. The average molecular weight is 236 g/mol. The Morgan fingerprint density at radius 3 is 2.35 bits per heavy atom. The van der Waals surface area contributed by atoms with Gasteiger partial charge in [-0.1, -0.05) is 19.3 Å². The van der Waals surface area contributed by atoms with E-state index >= 15 is 0 Å². The Hall–Kier alpha value is -0.0800. The molecule has 1 atom stereocenters. The van der Waals surface area contributed by atoms with E-state index in [1.807, 2.05) is 0 Å². The maximum absolute atomic E-state index is 3.80. The third-order valence-electron chi connectivity index (χ3n) is 5.17. The number of hydrogen-bond donors (Lipinski definition) is 1. The van der Waals surface area contributed by atoms with Gasteiger partial charge in [-0.3, -0.25) is 4.90 Å². The molecule has 1 N–H and O–H groups in total. The van der Waals surface area contributed by atoms with Gasteiger partial charge in [0.15, 0.2) is 0 Å². The van der Waals surface area contributed by atoms with E-state index in [4.69, 9.17) is 0 Å². The van der Waals surface area contributed by atoms with Gasteiger partial charge in [-0.2, -0.15) is 0 Å². The molecule has 0 spiro atoms. The Balaban J connectivity index is 1.68. The summed E-state index contributed by atoms with van der Waals surface area (Å²) in [7, 11) is 0. The van der Waals surface area contributed by atoms with Crippen LogP contribution in [0.25, 0.3) is 0 Å². The summed E-state index contributed by atoms with van der Waals surface area (Å²) in [6.07, 6.45) is 10.2. The molecule has 2 aliphatic carbocycles. The molecule has 0 aromatic carbocycles. The zero-order chi connectivity index (χ0) is 11.9. The van der Waals surface area contributed by atoms with E-state index in [2.05, 4.69) is 24.1 Å². The third kappa shape index (κ3) is 2.53. The van der Waals surface area contributed by atoms with Crippen molar-refractivity contribution in [2.24, 2.45) is 5.92 Å². The number of hydrogen-bond acceptors (Lipinski definition) is 2. The van der Waals surface area contributed by atoms with Crippen LogP contribution in [0.15, 0.2) is 0 Å². The Morgan fingerprint density at radius 1 is 1.00 bits per heavy atom. The topological polar surface area (TPSA) is 15.3 Å². The second-order valence-corrected chi connectivity index (χ2v) is 7.08. The molecule has 98 valence electrons. The van der Waals surface area contributed by atoms with Crippen molar-refractivity contribution in [3.63, 3.8) is 0 Å². The molecule has 0 bridgehead atoms. The van der Waals surface area contributed by atoms with Crippen molar-refractivity contribution >= 4 is 0 Å². The van der Waals surface area contributed by atoms with Crippen molar-refractivity contribution in [2.45, 2.75) is 76.4 Å². The number of nitrogens with one attached hydrogen (secondary N) is 1. The first-order valence-corrected chi connectivity index (χ1v) is 7.67. The number of rotatable bonds is 2. The highest BCUT2D eigenvalue weighted by Crippen LogP contribution is 2.37. The fraction of sp³-hybridized carbons (Fsp3) is 1.00. The van der Waals surface area contributed by atoms with Crippen molar-refractivity contribution < 1.29 is 0 Å². The minimum Gasteiger partial charge on any atom is -0.311 e. The van der Waals surface area contributed by atoms with Crippen LogP contribution in [-0.2, 0) is 0 Å². The predicted octanol–water partition coefficient (Wildman–Crippen LogP) is 2.78. The summed E-state index contributed by atoms with van der Waals surface area (Å²) < 4.78 is 0. The highest BCUT2D eigenvalue weighted by molar-refractivity contribution is 5.00. The Morgan fingerprint density at radius 2 is 1.71 bits per heavy atom. The largest absolute Gasteiger partial charge is 0.311 e. The molecule has 2 saturated carbocycles. The summed E-state index contributed by atoms with van der Waals surface area (Å²) in [5.74, 6) is 0.997. The van der Waals surface area contributed by atoms with Crippen LogP contribution in [0.5, 0.6) is 0 Å². The minimum absolute atomic E-state index is 0.368. The summed E-state index contributed by atoms with van der Waals surface area (Å²) >= 11 is 0. The smallest absolute Gasteiger partial charge is 0.0281 e. The lowest BCUT2D eigenvalue weighted by atomic mass is 9.87. The van der Waals surface area contributed by atoms with Crippen molar-refractivity contribution in [1.29, 1.82) is 0 Å². The predicted molar refractivity (Wildman–Crippen MR) is 72.2 cm³/mol. The highest BCUT2D eigenvalue weighted by Gasteiger charge is 2.42. The molecule has 2 nitrogen and oxygen atoms in total. The fourth-order valence-corrected chi connectivity index (χ4v) is 3.86. The fourth-order valence-electron chi connectivity index (χ4n) is 3.86. The van der Waals surface area contributed by atoms with E-state index in [0.717, 1.165) is 18.0 Å². The molecule has 2 heteroatoms. The van der Waals surface area contributed by atoms with Crippen LogP contribution in [-0.4, -0.2) is 35.6 Å². The van der Waals surface area contributed by atoms with Crippen LogP contribution in [0.2, 0.25) is 0 Å². The second kappa shape index (κ2) is 4.55. The molecule has 0 amide bonds. The van der Waals surface area contributed by atoms with E-state index in [-0.39, 0.29) is 0 Å². The van der Waals surface area contributed by atoms with Crippen LogP contribution in [0.4, 0.5) is 0 Å². The van der Waals surface area contributed by atoms with Crippen LogP contribution in [0.1, 0.15) is 58.8 Å². The summed E-state index contributed by atoms with van der Waals surface area (Å²) in [5.41, 5.74) is 0.368. The molecular weight excluding hydrogens is 208 g/mol. The summed E-state index contributed by atoms with van der Waals surface area (Å²) in [6.45, 7) is 7.35.